The molecule has 80 heavy (non-hydrogen) atoms. The summed E-state index contributed by atoms with van der Waals surface area (Å²) in [5.74, 6) is -3.66. The normalized spacial score (nSPS) is 12.3. The van der Waals surface area contributed by atoms with Gasteiger partial charge in [0.25, 0.3) is 0 Å². The number of hydrogen-bond donors (Lipinski definition) is 5. The van der Waals surface area contributed by atoms with Crippen molar-refractivity contribution in [2.75, 3.05) is 19.8 Å². The van der Waals surface area contributed by atoms with Gasteiger partial charge >= 0.3 is 43.0 Å². The van der Waals surface area contributed by atoms with Gasteiger partial charge in [0.15, 0.2) is 24.8 Å². The smallest absolute Gasteiger partial charge is 0.870 e. The average Bonchev–Trinajstić information content (AvgIpc) is 3.36. The molecule has 0 aliphatic carbocycles. The van der Waals surface area contributed by atoms with E-state index in [1.54, 1.807) is 92.6 Å². The maximum Gasteiger partial charge on any atom is 1.00 e. The van der Waals surface area contributed by atoms with Crippen LogP contribution in [0, 0.1) is 11.8 Å². The van der Waals surface area contributed by atoms with Crippen LogP contribution < -0.4 is 49.6 Å². The molecule has 4 atom stereocenters. The molecule has 432 valence electrons. The maximum absolute atomic E-state index is 13.2. The van der Waals surface area contributed by atoms with E-state index in [4.69, 9.17) is 52.0 Å². The standard InChI is InChI=1S/C30H39ClN2O7.C28H35ClN2O7.Li.H2O/c1-6-38-27(35)19-39-26-15-13-23(31)17-22(26)18-32-28(36)20(2)16-25(34)24(33-29(37)40-30(3,4)5)14-12-21-10-8-7-9-11-21;1-18(26(35)30-16-20-15-21(29)11-13-24(20)37-17-25(33)34)14-23(32)22(31-27(36)38-28(2,3)4)12-10-19-8-6-5-7-9-19;;/h7-11,13,15,17,20,24H,6,12,14,16,18-19H2,1-5H3,(H,32,36)(H,33,37);5-9,11,13,15,18,22H,10,12,14,16-17H2,1-4H3,(H,30,35)(H,31,36)(H,33,34);;1H2/q;;+1;/p-1/t20-,24-;18-,22-;;/m11../s1. The molecule has 22 heteroatoms. The Morgan fingerprint density at radius 2 is 0.950 bits per heavy atom. The minimum Gasteiger partial charge on any atom is -0.870 e. The molecule has 0 bridgehead atoms. The van der Waals surface area contributed by atoms with Crippen molar-refractivity contribution in [2.24, 2.45) is 11.8 Å². The predicted molar refractivity (Wildman–Crippen MR) is 297 cm³/mol. The molecule has 0 spiro atoms. The quantitative estimate of drug-likeness (QED) is 0.0246. The van der Waals surface area contributed by atoms with Crippen molar-refractivity contribution in [2.45, 2.75) is 137 Å². The summed E-state index contributed by atoms with van der Waals surface area (Å²) in [5.41, 5.74) is 1.67. The molecule has 0 radical (unpaired) electrons. The molecule has 4 amide bonds. The van der Waals surface area contributed by atoms with Crippen LogP contribution >= 0.6 is 23.2 Å². The second-order valence-electron chi connectivity index (χ2n) is 20.3. The molecule has 0 aliphatic rings. The Morgan fingerprint density at radius 3 is 1.30 bits per heavy atom. The monoisotopic (exact) mass is 1140 g/mol. The van der Waals surface area contributed by atoms with E-state index in [1.807, 2.05) is 60.7 Å². The summed E-state index contributed by atoms with van der Waals surface area (Å²) in [6, 6.07) is 27.1. The van der Waals surface area contributed by atoms with Crippen molar-refractivity contribution in [1.29, 1.82) is 0 Å². The number of hydrogen-bond acceptors (Lipinski definition) is 14. The number of ether oxygens (including phenoxy) is 5. The number of nitrogens with one attached hydrogen (secondary N) is 4. The number of esters is 1. The fourth-order valence-corrected chi connectivity index (χ4v) is 7.75. The number of amides is 4. The van der Waals surface area contributed by atoms with E-state index in [9.17, 15) is 38.4 Å². The van der Waals surface area contributed by atoms with E-state index in [1.165, 1.54) is 6.07 Å². The fourth-order valence-electron chi connectivity index (χ4n) is 7.36. The number of halogens is 2. The van der Waals surface area contributed by atoms with Gasteiger partial charge in [-0.2, -0.15) is 0 Å². The maximum atomic E-state index is 13.2. The van der Waals surface area contributed by atoms with Crippen molar-refractivity contribution in [1.82, 2.24) is 21.3 Å². The molecule has 4 rings (SSSR count). The zero-order chi connectivity index (χ0) is 58.0. The summed E-state index contributed by atoms with van der Waals surface area (Å²) in [7, 11) is 0. The fraction of sp³-hybridized carbons (Fsp3) is 0.448. The molecule has 6 N–H and O–H groups in total. The minimum atomic E-state index is -1.14. The van der Waals surface area contributed by atoms with Crippen LogP contribution in [0.5, 0.6) is 11.5 Å². The Bertz CT molecular complexity index is 2630. The molecule has 0 saturated carbocycles. The number of ketones is 2. The van der Waals surface area contributed by atoms with E-state index in [2.05, 4.69) is 21.3 Å². The van der Waals surface area contributed by atoms with Gasteiger partial charge in [0.2, 0.25) is 11.8 Å². The number of carbonyl (C=O) groups is 8. The van der Waals surface area contributed by atoms with Crippen LogP contribution in [0.1, 0.15) is 110 Å². The predicted octanol–water partition coefficient (Wildman–Crippen LogP) is 6.39. The van der Waals surface area contributed by atoms with Gasteiger partial charge in [-0.05, 0) is 122 Å². The van der Waals surface area contributed by atoms with Crippen molar-refractivity contribution in [3.05, 3.63) is 129 Å². The Balaban J connectivity index is 0.000000781. The summed E-state index contributed by atoms with van der Waals surface area (Å²) in [6.07, 6.45) is 0.270. The number of aryl methyl sites for hydroxylation is 2. The third kappa shape index (κ3) is 29.0. The second-order valence-corrected chi connectivity index (χ2v) is 21.2. The Labute approximate surface area is 490 Å². The number of aliphatic carboxylic acids is 1. The molecular weight excluding hydrogens is 1070 g/mol. The van der Waals surface area contributed by atoms with Crippen LogP contribution in [0.15, 0.2) is 97.1 Å². The number of carbonyl (C=O) groups excluding carboxylic acids is 7. The van der Waals surface area contributed by atoms with Crippen molar-refractivity contribution >= 4 is 70.7 Å². The summed E-state index contributed by atoms with van der Waals surface area (Å²) >= 11 is 12.2. The van der Waals surface area contributed by atoms with Gasteiger partial charge in [0, 0.05) is 58.9 Å². The first-order chi connectivity index (χ1) is 36.7. The summed E-state index contributed by atoms with van der Waals surface area (Å²) < 4.78 is 26.3. The van der Waals surface area contributed by atoms with Gasteiger partial charge in [-0.25, -0.2) is 19.2 Å². The summed E-state index contributed by atoms with van der Waals surface area (Å²) in [4.78, 5) is 99.4. The molecule has 0 saturated heterocycles. The van der Waals surface area contributed by atoms with Crippen LogP contribution in [-0.2, 0) is 68.9 Å². The molecular formula is C58H75Cl2LiN4O15. The Kier molecular flexibility index (Phi) is 32.0. The van der Waals surface area contributed by atoms with Crippen LogP contribution in [0.2, 0.25) is 10.0 Å². The van der Waals surface area contributed by atoms with E-state index in [0.717, 1.165) is 11.1 Å². The first-order valence-electron chi connectivity index (χ1n) is 25.6. The van der Waals surface area contributed by atoms with Crippen molar-refractivity contribution in [3.8, 4) is 11.5 Å². The molecule has 0 aromatic heterocycles. The Morgan fingerprint density at radius 1 is 0.575 bits per heavy atom. The third-order valence-corrected chi connectivity index (χ3v) is 11.6. The van der Waals surface area contributed by atoms with E-state index >= 15 is 0 Å². The largest absolute Gasteiger partial charge is 1.00 e. The van der Waals surface area contributed by atoms with Gasteiger partial charge in [-0.1, -0.05) is 97.7 Å². The number of alkyl carbamates (subject to hydrolysis) is 2. The van der Waals surface area contributed by atoms with E-state index in [-0.39, 0.29) is 92.6 Å². The van der Waals surface area contributed by atoms with Gasteiger partial charge in [-0.15, -0.1) is 0 Å². The zero-order valence-corrected chi connectivity index (χ0v) is 48.8. The molecule has 0 fully saturated rings. The number of benzene rings is 4. The third-order valence-electron chi connectivity index (χ3n) is 11.2. The number of carboxylic acids is 1. The molecule has 4 aromatic rings. The number of rotatable bonds is 27. The van der Waals surface area contributed by atoms with Gasteiger partial charge < -0.3 is 55.5 Å². The summed E-state index contributed by atoms with van der Waals surface area (Å²) in [6.45, 7) is 14.9. The SMILES string of the molecule is CCOC(=O)COc1ccc(Cl)cc1CNC(=O)[C@H](C)CC(=O)[C@@H](CCc1ccccc1)NC(=O)OC(C)(C)C.C[C@H](CC(=O)[C@@H](CCc1ccccc1)NC(=O)OC(C)(C)C)C(=O)NCc1cc(Cl)ccc1OCC(=O)O.[Li+].[OH-]. The van der Waals surface area contributed by atoms with Crippen LogP contribution in [0.25, 0.3) is 0 Å². The average molecular weight is 1150 g/mol. The van der Waals surface area contributed by atoms with Crippen molar-refractivity contribution < 1.29 is 91.5 Å². The van der Waals surface area contributed by atoms with Crippen LogP contribution in [0.3, 0.4) is 0 Å². The summed E-state index contributed by atoms with van der Waals surface area (Å²) in [5, 5.41) is 20.6. The Hall–Kier alpha value is -6.62. The first kappa shape index (κ1) is 71.4. The molecule has 0 unspecified atom stereocenters. The number of Topliss-reactive ketones (excluding diaryl/α,β-unsaturated/α-hetero) is 2. The molecule has 0 aliphatic heterocycles. The van der Waals surface area contributed by atoms with Gasteiger partial charge in [0.1, 0.15) is 22.7 Å². The number of carboxylic acid groups (broad SMARTS) is 1. The topological polar surface area (TPSA) is 281 Å². The van der Waals surface area contributed by atoms with Crippen molar-refractivity contribution in [3.63, 3.8) is 0 Å². The van der Waals surface area contributed by atoms with E-state index in [0.29, 0.717) is 52.6 Å². The van der Waals surface area contributed by atoms with E-state index < -0.39 is 65.9 Å². The zero-order valence-electron chi connectivity index (χ0n) is 47.3. The molecule has 19 nitrogen and oxygen atoms in total. The van der Waals surface area contributed by atoms with Crippen LogP contribution in [-0.4, -0.2) is 101 Å². The second kappa shape index (κ2) is 35.9. The van der Waals surface area contributed by atoms with Gasteiger partial charge in [0.05, 0.1) is 18.7 Å². The van der Waals surface area contributed by atoms with Gasteiger partial charge in [-0.3, -0.25) is 19.2 Å². The minimum absolute atomic E-state index is 0. The molecule has 4 aromatic carbocycles. The van der Waals surface area contributed by atoms with Crippen LogP contribution in [0.4, 0.5) is 9.59 Å². The first-order valence-corrected chi connectivity index (χ1v) is 26.3. The molecule has 0 heterocycles.